The first-order valence-corrected chi connectivity index (χ1v) is 5.48. The Balaban J connectivity index is 2.71. The highest BCUT2D eigenvalue weighted by Crippen LogP contribution is 2.34. The summed E-state index contributed by atoms with van der Waals surface area (Å²) in [7, 11) is 0. The van der Waals surface area contributed by atoms with Crippen molar-refractivity contribution in [1.82, 2.24) is 0 Å². The van der Waals surface area contributed by atoms with E-state index in [4.69, 9.17) is 20.9 Å². The molecule has 1 aliphatic heterocycles. The van der Waals surface area contributed by atoms with Gasteiger partial charge >= 0.3 is 0 Å². The summed E-state index contributed by atoms with van der Waals surface area (Å²) in [4.78, 5) is 0. The predicted octanol–water partition coefficient (Wildman–Crippen LogP) is 0.984. The second kappa shape index (κ2) is 4.01. The summed E-state index contributed by atoms with van der Waals surface area (Å²) in [5, 5.41) is 0. The topological polar surface area (TPSA) is 70.5 Å². The number of hydrogen-bond donors (Lipinski definition) is 2. The molecule has 0 aromatic carbocycles. The third-order valence-corrected chi connectivity index (χ3v) is 2.26. The van der Waals surface area contributed by atoms with Crippen molar-refractivity contribution >= 4 is 0 Å². The van der Waals surface area contributed by atoms with E-state index in [0.29, 0.717) is 26.1 Å². The first-order valence-electron chi connectivity index (χ1n) is 5.48. The van der Waals surface area contributed by atoms with Crippen molar-refractivity contribution in [2.45, 2.75) is 57.4 Å². The van der Waals surface area contributed by atoms with Crippen LogP contribution >= 0.6 is 0 Å². The van der Waals surface area contributed by atoms with Gasteiger partial charge in [-0.1, -0.05) is 0 Å². The molecule has 0 spiro atoms. The zero-order valence-corrected chi connectivity index (χ0v) is 10.3. The molecule has 0 aromatic heterocycles. The van der Waals surface area contributed by atoms with Gasteiger partial charge in [0.05, 0.1) is 13.2 Å². The molecule has 0 aliphatic carbocycles. The van der Waals surface area contributed by atoms with E-state index in [0.717, 1.165) is 0 Å². The Morgan fingerprint density at radius 2 is 1.27 bits per heavy atom. The van der Waals surface area contributed by atoms with Gasteiger partial charge in [0, 0.05) is 23.9 Å². The van der Waals surface area contributed by atoms with Gasteiger partial charge in [-0.2, -0.15) is 0 Å². The molecule has 1 saturated heterocycles. The van der Waals surface area contributed by atoms with Crippen LogP contribution in [0.25, 0.3) is 0 Å². The molecule has 0 radical (unpaired) electrons. The van der Waals surface area contributed by atoms with Gasteiger partial charge < -0.3 is 20.9 Å². The van der Waals surface area contributed by atoms with Crippen molar-refractivity contribution in [3.8, 4) is 0 Å². The van der Waals surface area contributed by atoms with Gasteiger partial charge in [-0.25, -0.2) is 0 Å². The molecule has 0 bridgehead atoms. The normalized spacial score (nSPS) is 22.0. The third kappa shape index (κ3) is 4.47. The smallest absolute Gasteiger partial charge is 0.171 e. The summed E-state index contributed by atoms with van der Waals surface area (Å²) < 4.78 is 11.4. The highest BCUT2D eigenvalue weighted by Gasteiger charge is 2.43. The number of ether oxygens (including phenoxy) is 2. The summed E-state index contributed by atoms with van der Waals surface area (Å²) in [6.07, 6.45) is 1.33. The molecule has 1 rings (SSSR count). The molecule has 15 heavy (non-hydrogen) atoms. The molecule has 0 unspecified atom stereocenters. The van der Waals surface area contributed by atoms with Crippen LogP contribution in [0.5, 0.6) is 0 Å². The molecule has 4 nitrogen and oxygen atoms in total. The second-order valence-electron chi connectivity index (χ2n) is 5.94. The van der Waals surface area contributed by atoms with E-state index in [-0.39, 0.29) is 11.1 Å². The van der Waals surface area contributed by atoms with E-state index in [9.17, 15) is 0 Å². The Morgan fingerprint density at radius 1 is 0.933 bits per heavy atom. The summed E-state index contributed by atoms with van der Waals surface area (Å²) in [5.74, 6) is -0.587. The molecule has 1 fully saturated rings. The lowest BCUT2D eigenvalue weighted by Crippen LogP contribution is -2.50. The molecular formula is C11H24N2O2. The summed E-state index contributed by atoms with van der Waals surface area (Å²) in [6.45, 7) is 9.16. The van der Waals surface area contributed by atoms with Crippen LogP contribution in [-0.2, 0) is 9.47 Å². The van der Waals surface area contributed by atoms with Gasteiger partial charge in [-0.15, -0.1) is 0 Å². The third-order valence-electron chi connectivity index (χ3n) is 2.26. The average Bonchev–Trinajstić information content (AvgIpc) is 2.27. The lowest BCUT2D eigenvalue weighted by Gasteiger charge is -2.37. The molecule has 0 saturated carbocycles. The van der Waals surface area contributed by atoms with Crippen molar-refractivity contribution in [3.05, 3.63) is 0 Å². The quantitative estimate of drug-likeness (QED) is 0.735. The first kappa shape index (κ1) is 12.9. The van der Waals surface area contributed by atoms with Crippen molar-refractivity contribution in [3.63, 3.8) is 0 Å². The average molecular weight is 216 g/mol. The van der Waals surface area contributed by atoms with E-state index < -0.39 is 5.79 Å². The van der Waals surface area contributed by atoms with Gasteiger partial charge in [0.2, 0.25) is 0 Å². The Morgan fingerprint density at radius 3 is 1.53 bits per heavy atom. The van der Waals surface area contributed by atoms with Gasteiger partial charge in [0.25, 0.3) is 0 Å². The molecule has 1 aliphatic rings. The molecule has 0 aromatic rings. The Hall–Kier alpha value is -0.160. The SMILES string of the molecule is CC(C)(N)CC1(CC(C)(C)N)OCCO1. The molecule has 4 N–H and O–H groups in total. The summed E-state index contributed by atoms with van der Waals surface area (Å²) in [5.41, 5.74) is 11.4. The number of nitrogens with two attached hydrogens (primary N) is 2. The van der Waals surface area contributed by atoms with Gasteiger partial charge in [-0.05, 0) is 27.7 Å². The maximum absolute atomic E-state index is 6.02. The maximum Gasteiger partial charge on any atom is 0.171 e. The Labute approximate surface area is 92.3 Å². The van der Waals surface area contributed by atoms with Crippen LogP contribution < -0.4 is 11.5 Å². The lowest BCUT2D eigenvalue weighted by molar-refractivity contribution is -0.182. The minimum Gasteiger partial charge on any atom is -0.347 e. The Bertz CT molecular complexity index is 192. The molecule has 0 atom stereocenters. The van der Waals surface area contributed by atoms with Crippen LogP contribution in [0.3, 0.4) is 0 Å². The molecule has 4 heteroatoms. The minimum atomic E-state index is -0.587. The number of rotatable bonds is 4. The van der Waals surface area contributed by atoms with Crippen LogP contribution in [0.4, 0.5) is 0 Å². The maximum atomic E-state index is 6.02. The highest BCUT2D eigenvalue weighted by molar-refractivity contribution is 4.91. The van der Waals surface area contributed by atoms with E-state index in [1.165, 1.54) is 0 Å². The van der Waals surface area contributed by atoms with E-state index in [1.807, 2.05) is 27.7 Å². The molecule has 1 heterocycles. The van der Waals surface area contributed by atoms with Gasteiger partial charge in [-0.3, -0.25) is 0 Å². The first-order chi connectivity index (χ1) is 6.62. The fourth-order valence-corrected chi connectivity index (χ4v) is 2.15. The van der Waals surface area contributed by atoms with Crippen LogP contribution in [0.1, 0.15) is 40.5 Å². The zero-order chi connectivity index (χ0) is 11.7. The Kier molecular flexibility index (Phi) is 3.45. The fraction of sp³-hybridized carbons (Fsp3) is 1.00. The molecule has 0 amide bonds. The van der Waals surface area contributed by atoms with E-state index in [2.05, 4.69) is 0 Å². The standard InChI is InChI=1S/C11H24N2O2/c1-9(2,12)7-11(8-10(3,4)13)14-5-6-15-11/h5-8,12-13H2,1-4H3. The van der Waals surface area contributed by atoms with Crippen LogP contribution in [0.15, 0.2) is 0 Å². The lowest BCUT2D eigenvalue weighted by atomic mass is 9.87. The molecule has 90 valence electrons. The predicted molar refractivity (Wildman–Crippen MR) is 60.4 cm³/mol. The van der Waals surface area contributed by atoms with Crippen LogP contribution in [0, 0.1) is 0 Å². The van der Waals surface area contributed by atoms with Crippen LogP contribution in [0.2, 0.25) is 0 Å². The van der Waals surface area contributed by atoms with E-state index in [1.54, 1.807) is 0 Å². The summed E-state index contributed by atoms with van der Waals surface area (Å²) >= 11 is 0. The van der Waals surface area contributed by atoms with Crippen molar-refractivity contribution < 1.29 is 9.47 Å². The van der Waals surface area contributed by atoms with Crippen LogP contribution in [-0.4, -0.2) is 30.1 Å². The number of hydrogen-bond acceptors (Lipinski definition) is 4. The van der Waals surface area contributed by atoms with Crippen molar-refractivity contribution in [2.75, 3.05) is 13.2 Å². The van der Waals surface area contributed by atoms with Gasteiger partial charge in [0.1, 0.15) is 0 Å². The monoisotopic (exact) mass is 216 g/mol. The minimum absolute atomic E-state index is 0.310. The largest absolute Gasteiger partial charge is 0.347 e. The van der Waals surface area contributed by atoms with E-state index >= 15 is 0 Å². The highest BCUT2D eigenvalue weighted by atomic mass is 16.7. The summed E-state index contributed by atoms with van der Waals surface area (Å²) in [6, 6.07) is 0. The zero-order valence-electron chi connectivity index (χ0n) is 10.3. The van der Waals surface area contributed by atoms with Gasteiger partial charge in [0.15, 0.2) is 5.79 Å². The fourth-order valence-electron chi connectivity index (χ4n) is 2.15. The second-order valence-corrected chi connectivity index (χ2v) is 5.94. The van der Waals surface area contributed by atoms with Crippen molar-refractivity contribution in [1.29, 1.82) is 0 Å². The molecular weight excluding hydrogens is 192 g/mol. The van der Waals surface area contributed by atoms with Crippen molar-refractivity contribution in [2.24, 2.45) is 11.5 Å².